The summed E-state index contributed by atoms with van der Waals surface area (Å²) < 4.78 is 50.3. The van der Waals surface area contributed by atoms with Crippen LogP contribution < -0.4 is 15.0 Å². The van der Waals surface area contributed by atoms with E-state index >= 15 is 4.39 Å². The molecule has 1 aliphatic rings. The summed E-state index contributed by atoms with van der Waals surface area (Å²) in [5.41, 5.74) is 2.18. The molecule has 212 valence electrons. The number of amides is 1. The van der Waals surface area contributed by atoms with Crippen LogP contribution in [0.2, 0.25) is 0 Å². The summed E-state index contributed by atoms with van der Waals surface area (Å²) >= 11 is 0. The maximum absolute atomic E-state index is 16.1. The van der Waals surface area contributed by atoms with E-state index in [1.54, 1.807) is 36.4 Å². The number of halogens is 3. The highest BCUT2D eigenvalue weighted by atomic mass is 19.2. The lowest BCUT2D eigenvalue weighted by Gasteiger charge is -2.30. The van der Waals surface area contributed by atoms with Gasteiger partial charge in [-0.25, -0.2) is 8.78 Å². The van der Waals surface area contributed by atoms with E-state index in [0.717, 1.165) is 12.8 Å². The molecule has 2 N–H and O–H groups in total. The number of alkyl halides is 1. The summed E-state index contributed by atoms with van der Waals surface area (Å²) in [6.45, 7) is 0.00596. The number of hydrogen-bond acceptors (Lipinski definition) is 4. The van der Waals surface area contributed by atoms with Crippen molar-refractivity contribution in [3.63, 3.8) is 0 Å². The van der Waals surface area contributed by atoms with Gasteiger partial charge in [0.05, 0.1) is 13.5 Å². The van der Waals surface area contributed by atoms with E-state index in [2.05, 4.69) is 5.32 Å². The molecule has 40 heavy (non-hydrogen) atoms. The van der Waals surface area contributed by atoms with Gasteiger partial charge in [0, 0.05) is 29.9 Å². The number of nitrogens with one attached hydrogen (secondary N) is 1. The maximum atomic E-state index is 16.1. The summed E-state index contributed by atoms with van der Waals surface area (Å²) in [5.74, 6) is -3.87. The molecular formula is C31H33F3N2O4. The highest BCUT2D eigenvalue weighted by Gasteiger charge is 2.27. The zero-order valence-electron chi connectivity index (χ0n) is 22.3. The minimum Gasteiger partial charge on any atom is -0.494 e. The van der Waals surface area contributed by atoms with Crippen LogP contribution >= 0.6 is 0 Å². The van der Waals surface area contributed by atoms with E-state index in [9.17, 15) is 18.4 Å². The summed E-state index contributed by atoms with van der Waals surface area (Å²) in [6.07, 6.45) is 3.61. The van der Waals surface area contributed by atoms with Crippen molar-refractivity contribution in [2.45, 2.75) is 57.3 Å². The molecule has 0 radical (unpaired) electrons. The lowest BCUT2D eigenvalue weighted by Crippen LogP contribution is -2.27. The first kappa shape index (κ1) is 29.0. The number of anilines is 1. The highest BCUT2D eigenvalue weighted by molar-refractivity contribution is 5.94. The standard InChI is InChI=1S/C31H33F3N2O4/c1-40-26-16-15-25(28(32)29(26)33)30(34)36(24-13-11-22(12-14-24)21-5-3-2-4-6-21)19-20-7-9-23(10-8-20)31(39)35-18-17-27(37)38/h7-16,21,30H,2-6,17-19H2,1H3,(H,35,39)(H,37,38). The van der Waals surface area contributed by atoms with Crippen molar-refractivity contribution in [2.75, 3.05) is 18.6 Å². The molecule has 9 heteroatoms. The number of aliphatic carboxylic acids is 1. The molecule has 1 unspecified atom stereocenters. The van der Waals surface area contributed by atoms with Crippen molar-refractivity contribution >= 4 is 17.6 Å². The van der Waals surface area contributed by atoms with Crippen LogP contribution in [0.4, 0.5) is 18.9 Å². The van der Waals surface area contributed by atoms with Crippen LogP contribution in [-0.2, 0) is 11.3 Å². The monoisotopic (exact) mass is 554 g/mol. The van der Waals surface area contributed by atoms with E-state index in [-0.39, 0.29) is 25.3 Å². The van der Waals surface area contributed by atoms with Crippen molar-refractivity contribution in [3.05, 3.63) is 94.6 Å². The zero-order valence-corrected chi connectivity index (χ0v) is 22.3. The lowest BCUT2D eigenvalue weighted by molar-refractivity contribution is -0.136. The van der Waals surface area contributed by atoms with Gasteiger partial charge in [-0.1, -0.05) is 43.5 Å². The first-order chi connectivity index (χ1) is 19.3. The number of carboxylic acid groups (broad SMARTS) is 1. The third-order valence-corrected chi connectivity index (χ3v) is 7.32. The molecule has 1 saturated carbocycles. The first-order valence-corrected chi connectivity index (χ1v) is 13.4. The number of ether oxygens (including phenoxy) is 1. The lowest BCUT2D eigenvalue weighted by atomic mass is 9.84. The second-order valence-corrected chi connectivity index (χ2v) is 9.97. The second-order valence-electron chi connectivity index (χ2n) is 9.97. The molecule has 3 aromatic carbocycles. The molecule has 0 spiro atoms. The van der Waals surface area contributed by atoms with E-state index in [4.69, 9.17) is 9.84 Å². The van der Waals surface area contributed by atoms with Gasteiger partial charge < -0.3 is 20.1 Å². The van der Waals surface area contributed by atoms with Crippen molar-refractivity contribution in [1.82, 2.24) is 5.32 Å². The van der Waals surface area contributed by atoms with Crippen molar-refractivity contribution in [3.8, 4) is 5.75 Å². The summed E-state index contributed by atoms with van der Waals surface area (Å²) in [4.78, 5) is 24.3. The Balaban J connectivity index is 1.59. The third-order valence-electron chi connectivity index (χ3n) is 7.32. The van der Waals surface area contributed by atoms with Gasteiger partial charge in [0.2, 0.25) is 12.1 Å². The smallest absolute Gasteiger partial charge is 0.305 e. The molecule has 1 aliphatic carbocycles. The molecule has 3 aromatic rings. The predicted molar refractivity (Wildman–Crippen MR) is 146 cm³/mol. The summed E-state index contributed by atoms with van der Waals surface area (Å²) in [7, 11) is 1.21. The van der Waals surface area contributed by atoms with Crippen molar-refractivity contribution in [1.29, 1.82) is 0 Å². The zero-order chi connectivity index (χ0) is 28.6. The van der Waals surface area contributed by atoms with Crippen LogP contribution in [-0.4, -0.2) is 30.6 Å². The fraction of sp³-hybridized carbons (Fsp3) is 0.355. The van der Waals surface area contributed by atoms with E-state index in [0.29, 0.717) is 22.7 Å². The number of carbonyl (C=O) groups is 2. The van der Waals surface area contributed by atoms with Crippen LogP contribution in [0.3, 0.4) is 0 Å². The maximum Gasteiger partial charge on any atom is 0.305 e. The molecule has 1 fully saturated rings. The Morgan fingerprint density at radius 1 is 0.975 bits per heavy atom. The highest BCUT2D eigenvalue weighted by Crippen LogP contribution is 2.37. The Morgan fingerprint density at radius 2 is 1.65 bits per heavy atom. The molecule has 6 nitrogen and oxygen atoms in total. The molecule has 1 amide bonds. The number of rotatable bonds is 11. The van der Waals surface area contributed by atoms with Crippen LogP contribution in [0.15, 0.2) is 60.7 Å². The molecule has 1 atom stereocenters. The number of benzene rings is 3. The molecule has 0 saturated heterocycles. The minimum atomic E-state index is -2.01. The number of hydrogen-bond donors (Lipinski definition) is 2. The molecule has 0 heterocycles. The molecule has 0 aromatic heterocycles. The molecular weight excluding hydrogens is 521 g/mol. The SMILES string of the molecule is COc1ccc(C(F)N(Cc2ccc(C(=O)NCCC(=O)O)cc2)c2ccc(C3CCCCC3)cc2)c(F)c1F. The van der Waals surface area contributed by atoms with Crippen LogP contribution in [0.5, 0.6) is 5.75 Å². The Labute approximate surface area is 231 Å². The number of nitrogens with zero attached hydrogens (tertiary/aromatic N) is 1. The van der Waals surface area contributed by atoms with Gasteiger partial charge >= 0.3 is 5.97 Å². The summed E-state index contributed by atoms with van der Waals surface area (Å²) in [6, 6.07) is 16.3. The van der Waals surface area contributed by atoms with Crippen LogP contribution in [0, 0.1) is 11.6 Å². The first-order valence-electron chi connectivity index (χ1n) is 13.4. The van der Waals surface area contributed by atoms with E-state index in [1.165, 1.54) is 49.0 Å². The Kier molecular flexibility index (Phi) is 9.69. The van der Waals surface area contributed by atoms with Gasteiger partial charge in [0.15, 0.2) is 11.6 Å². The second kappa shape index (κ2) is 13.4. The Morgan fingerprint density at radius 3 is 2.27 bits per heavy atom. The summed E-state index contributed by atoms with van der Waals surface area (Å²) in [5, 5.41) is 11.3. The average molecular weight is 555 g/mol. The number of carbonyl (C=O) groups excluding carboxylic acids is 1. The van der Waals surface area contributed by atoms with Gasteiger partial charge in [0.1, 0.15) is 0 Å². The Bertz CT molecular complexity index is 1310. The third kappa shape index (κ3) is 6.94. The molecule has 4 rings (SSSR count). The number of carboxylic acids is 1. The number of methoxy groups -OCH3 is 1. The van der Waals surface area contributed by atoms with E-state index < -0.39 is 35.4 Å². The Hall–Kier alpha value is -4.01. The van der Waals surface area contributed by atoms with Gasteiger partial charge in [0.25, 0.3) is 5.91 Å². The quantitative estimate of drug-likeness (QED) is 0.252. The fourth-order valence-corrected chi connectivity index (χ4v) is 5.08. The normalized spacial score (nSPS) is 14.4. The molecule has 0 aliphatic heterocycles. The van der Waals surface area contributed by atoms with Crippen molar-refractivity contribution < 1.29 is 32.6 Å². The predicted octanol–water partition coefficient (Wildman–Crippen LogP) is 6.90. The minimum absolute atomic E-state index is 0.00589. The van der Waals surface area contributed by atoms with Gasteiger partial charge in [-0.05, 0) is 66.3 Å². The van der Waals surface area contributed by atoms with Crippen LogP contribution in [0.25, 0.3) is 0 Å². The largest absolute Gasteiger partial charge is 0.494 e. The van der Waals surface area contributed by atoms with E-state index in [1.807, 2.05) is 12.1 Å². The van der Waals surface area contributed by atoms with Gasteiger partial charge in [-0.3, -0.25) is 9.59 Å². The average Bonchev–Trinajstić information content (AvgIpc) is 2.97. The van der Waals surface area contributed by atoms with Crippen LogP contribution in [0.1, 0.15) is 77.8 Å². The fourth-order valence-electron chi connectivity index (χ4n) is 5.08. The van der Waals surface area contributed by atoms with Gasteiger partial charge in [-0.15, -0.1) is 0 Å². The van der Waals surface area contributed by atoms with Gasteiger partial charge in [-0.2, -0.15) is 4.39 Å². The topological polar surface area (TPSA) is 78.9 Å². The van der Waals surface area contributed by atoms with Crippen molar-refractivity contribution in [2.24, 2.45) is 0 Å². The molecule has 0 bridgehead atoms.